The minimum atomic E-state index is -0.484. The Bertz CT molecular complexity index is 1500. The highest BCUT2D eigenvalue weighted by Crippen LogP contribution is 2.39. The van der Waals surface area contributed by atoms with E-state index in [-0.39, 0.29) is 43.0 Å². The molecule has 14 heteroatoms. The third kappa shape index (κ3) is 8.87. The Morgan fingerprint density at radius 1 is 1.00 bits per heavy atom. The molecule has 1 fully saturated rings. The number of nitrogens with two attached hydrogens (primary N) is 1. The number of nitrogens with one attached hydrogen (secondary N) is 1. The molecule has 2 aliphatic heterocycles. The summed E-state index contributed by atoms with van der Waals surface area (Å²) in [5.74, 6) is 1.63. The van der Waals surface area contributed by atoms with Gasteiger partial charge in [-0.15, -0.1) is 46.3 Å². The quantitative estimate of drug-likeness (QED) is 0.249. The highest BCUT2D eigenvalue weighted by atomic mass is 35.5. The van der Waals surface area contributed by atoms with Gasteiger partial charge in [-0.25, -0.2) is 0 Å². The fourth-order valence-corrected chi connectivity index (χ4v) is 7.23. The Balaban J connectivity index is 0.00000288. The summed E-state index contributed by atoms with van der Waals surface area (Å²) in [6, 6.07) is 7.21. The maximum Gasteiger partial charge on any atom is 0.222 e. The predicted octanol–water partition coefficient (Wildman–Crippen LogP) is 5.20. The van der Waals surface area contributed by atoms with Gasteiger partial charge >= 0.3 is 0 Å². The van der Waals surface area contributed by atoms with E-state index in [1.807, 2.05) is 36.1 Å². The van der Waals surface area contributed by atoms with Crippen LogP contribution in [0.1, 0.15) is 77.8 Å². The highest BCUT2D eigenvalue weighted by molar-refractivity contribution is 7.15. The first-order chi connectivity index (χ1) is 21.3. The summed E-state index contributed by atoms with van der Waals surface area (Å²) in [6.45, 7) is 11.6. The molecular weight excluding hydrogens is 667 g/mol. The standard InChI is InChI=1S/C32H43ClN8O2S.2ClH/c1-21-22(2)44-32-29(21)30(24-9-11-25(33)12-10-24)36-26(31-38-37-23(3)41(31)32)20-27(42)35-14-7-15-39-16-18-40(19-17-39)28(43)8-5-4-6-13-34;;/h9-12,26H,4-8,13-20,34H2,1-3H3,(H,35,42);2*1H/t26-;;/m0../s1. The van der Waals surface area contributed by atoms with Crippen LogP contribution >= 0.6 is 47.8 Å². The van der Waals surface area contributed by atoms with E-state index < -0.39 is 6.04 Å². The zero-order chi connectivity index (χ0) is 31.2. The van der Waals surface area contributed by atoms with Crippen LogP contribution in [0.15, 0.2) is 29.3 Å². The molecule has 2 aliphatic rings. The van der Waals surface area contributed by atoms with Gasteiger partial charge < -0.3 is 16.0 Å². The third-order valence-electron chi connectivity index (χ3n) is 8.53. The van der Waals surface area contributed by atoms with Crippen molar-refractivity contribution in [3.05, 3.63) is 62.5 Å². The van der Waals surface area contributed by atoms with Crippen molar-refractivity contribution in [1.29, 1.82) is 0 Å². The Morgan fingerprint density at radius 3 is 2.41 bits per heavy atom. The summed E-state index contributed by atoms with van der Waals surface area (Å²) in [5, 5.41) is 13.7. The second kappa shape index (κ2) is 17.6. The molecule has 2 amide bonds. The van der Waals surface area contributed by atoms with E-state index in [2.05, 4.69) is 38.8 Å². The maximum absolute atomic E-state index is 13.2. The number of hydrogen-bond acceptors (Lipinski definition) is 8. The number of aromatic nitrogens is 3. The summed E-state index contributed by atoms with van der Waals surface area (Å²) in [5.41, 5.74) is 9.55. The van der Waals surface area contributed by atoms with Gasteiger partial charge in [0.25, 0.3) is 0 Å². The molecule has 4 heterocycles. The van der Waals surface area contributed by atoms with Crippen LogP contribution in [-0.2, 0) is 9.59 Å². The zero-order valence-electron chi connectivity index (χ0n) is 26.8. The number of unbranched alkanes of at least 4 members (excludes halogenated alkanes) is 2. The van der Waals surface area contributed by atoms with E-state index in [0.717, 1.165) is 91.6 Å². The van der Waals surface area contributed by atoms with E-state index in [4.69, 9.17) is 22.3 Å². The number of carbonyl (C=O) groups excluding carboxylic acids is 2. The van der Waals surface area contributed by atoms with Crippen molar-refractivity contribution >= 4 is 65.3 Å². The lowest BCUT2D eigenvalue weighted by molar-refractivity contribution is -0.133. The van der Waals surface area contributed by atoms with Gasteiger partial charge in [0.1, 0.15) is 16.9 Å². The summed E-state index contributed by atoms with van der Waals surface area (Å²) < 4.78 is 2.06. The first kappa shape index (κ1) is 37.9. The monoisotopic (exact) mass is 710 g/mol. The van der Waals surface area contributed by atoms with Crippen molar-refractivity contribution in [3.8, 4) is 5.00 Å². The Labute approximate surface area is 293 Å². The van der Waals surface area contributed by atoms with E-state index in [1.54, 1.807) is 11.3 Å². The lowest BCUT2D eigenvalue weighted by Gasteiger charge is -2.34. The Kier molecular flexibility index (Phi) is 14.5. The molecule has 2 aromatic heterocycles. The number of hydrogen-bond donors (Lipinski definition) is 2. The lowest BCUT2D eigenvalue weighted by atomic mass is 9.99. The number of fused-ring (bicyclic) bond motifs is 3. The summed E-state index contributed by atoms with van der Waals surface area (Å²) in [7, 11) is 0. The number of aliphatic imine (C=N–C) groups is 1. The average Bonchev–Trinajstić information content (AvgIpc) is 3.50. The van der Waals surface area contributed by atoms with Crippen LogP contribution in [0.3, 0.4) is 0 Å². The van der Waals surface area contributed by atoms with Crippen LogP contribution in [0.2, 0.25) is 5.02 Å². The average molecular weight is 712 g/mol. The van der Waals surface area contributed by atoms with Gasteiger partial charge in [-0.2, -0.15) is 0 Å². The second-order valence-corrected chi connectivity index (χ2v) is 13.3. The lowest BCUT2D eigenvalue weighted by Crippen LogP contribution is -2.49. The fraction of sp³-hybridized carbons (Fsp3) is 0.531. The first-order valence-electron chi connectivity index (χ1n) is 15.6. The van der Waals surface area contributed by atoms with Gasteiger partial charge in [-0.3, -0.25) is 24.0 Å². The van der Waals surface area contributed by atoms with E-state index in [9.17, 15) is 9.59 Å². The van der Waals surface area contributed by atoms with Crippen LogP contribution < -0.4 is 11.1 Å². The zero-order valence-corrected chi connectivity index (χ0v) is 30.0. The number of thiophene rings is 1. The van der Waals surface area contributed by atoms with Crippen LogP contribution in [-0.4, -0.2) is 87.9 Å². The summed E-state index contributed by atoms with van der Waals surface area (Å²) in [4.78, 5) is 36.4. The Hall–Kier alpha value is -2.54. The molecule has 252 valence electrons. The van der Waals surface area contributed by atoms with Gasteiger partial charge in [0.2, 0.25) is 11.8 Å². The van der Waals surface area contributed by atoms with Crippen molar-refractivity contribution in [1.82, 2.24) is 29.9 Å². The number of piperazine rings is 1. The minimum Gasteiger partial charge on any atom is -0.356 e. The van der Waals surface area contributed by atoms with Crippen LogP contribution in [0.5, 0.6) is 0 Å². The molecule has 0 aliphatic carbocycles. The number of aryl methyl sites for hydroxylation is 2. The van der Waals surface area contributed by atoms with Crippen LogP contribution in [0.25, 0.3) is 5.00 Å². The second-order valence-electron chi connectivity index (χ2n) is 11.6. The van der Waals surface area contributed by atoms with Crippen molar-refractivity contribution in [2.45, 2.75) is 65.3 Å². The molecule has 0 spiro atoms. The van der Waals surface area contributed by atoms with Gasteiger partial charge in [0.15, 0.2) is 5.82 Å². The molecule has 1 aromatic carbocycles. The SMILES string of the molecule is Cc1sc2c(c1C)C(c1ccc(Cl)cc1)=N[C@@H](CC(=O)NCCCN1CCN(C(=O)CCCCCN)CC1)c1nnc(C)n1-2.Cl.Cl. The van der Waals surface area contributed by atoms with E-state index >= 15 is 0 Å². The molecule has 3 aromatic rings. The van der Waals surface area contributed by atoms with Crippen LogP contribution in [0, 0.1) is 20.8 Å². The van der Waals surface area contributed by atoms with Crippen molar-refractivity contribution < 1.29 is 9.59 Å². The highest BCUT2D eigenvalue weighted by Gasteiger charge is 2.32. The molecule has 1 saturated heterocycles. The predicted molar refractivity (Wildman–Crippen MR) is 191 cm³/mol. The van der Waals surface area contributed by atoms with Crippen molar-refractivity contribution in [3.63, 3.8) is 0 Å². The Morgan fingerprint density at radius 2 is 1.72 bits per heavy atom. The number of carbonyl (C=O) groups is 2. The normalized spacial score (nSPS) is 16.0. The van der Waals surface area contributed by atoms with Crippen LogP contribution in [0.4, 0.5) is 0 Å². The van der Waals surface area contributed by atoms with Gasteiger partial charge in [0.05, 0.1) is 12.1 Å². The van der Waals surface area contributed by atoms with Gasteiger partial charge in [0, 0.05) is 60.2 Å². The molecular formula is C32H45Cl3N8O2S. The van der Waals surface area contributed by atoms with E-state index in [0.29, 0.717) is 30.4 Å². The number of halogens is 3. The van der Waals surface area contributed by atoms with Gasteiger partial charge in [-0.05, 0) is 70.8 Å². The number of amides is 2. The smallest absolute Gasteiger partial charge is 0.222 e. The molecule has 10 nitrogen and oxygen atoms in total. The van der Waals surface area contributed by atoms with Crippen molar-refractivity contribution in [2.75, 3.05) is 45.8 Å². The van der Waals surface area contributed by atoms with Gasteiger partial charge in [-0.1, -0.05) is 30.2 Å². The number of benzene rings is 1. The number of nitrogens with zero attached hydrogens (tertiary/aromatic N) is 6. The minimum absolute atomic E-state index is 0. The molecule has 0 bridgehead atoms. The molecule has 5 rings (SSSR count). The van der Waals surface area contributed by atoms with E-state index in [1.165, 1.54) is 4.88 Å². The largest absolute Gasteiger partial charge is 0.356 e. The molecule has 0 saturated carbocycles. The maximum atomic E-state index is 13.2. The molecule has 1 atom stereocenters. The molecule has 0 unspecified atom stereocenters. The fourth-order valence-electron chi connectivity index (χ4n) is 5.89. The number of rotatable bonds is 12. The molecule has 3 N–H and O–H groups in total. The van der Waals surface area contributed by atoms with Crippen molar-refractivity contribution in [2.24, 2.45) is 10.7 Å². The summed E-state index contributed by atoms with van der Waals surface area (Å²) in [6.07, 6.45) is 4.53. The third-order valence-corrected chi connectivity index (χ3v) is 9.97. The molecule has 0 radical (unpaired) electrons. The molecule has 46 heavy (non-hydrogen) atoms. The topological polar surface area (TPSA) is 122 Å². The first-order valence-corrected chi connectivity index (χ1v) is 16.8. The summed E-state index contributed by atoms with van der Waals surface area (Å²) >= 11 is 7.91.